The molecule has 1 aromatic carbocycles. The monoisotopic (exact) mass is 326 g/mol. The zero-order valence-electron chi connectivity index (χ0n) is 11.5. The van der Waals surface area contributed by atoms with Crippen molar-refractivity contribution in [1.29, 1.82) is 0 Å². The highest BCUT2D eigenvalue weighted by molar-refractivity contribution is 7.80. The van der Waals surface area contributed by atoms with E-state index in [1.54, 1.807) is 11.3 Å². The lowest BCUT2D eigenvalue weighted by Gasteiger charge is -2.19. The Bertz CT molecular complexity index is 627. The van der Waals surface area contributed by atoms with E-state index in [2.05, 4.69) is 12.2 Å². The van der Waals surface area contributed by atoms with Gasteiger partial charge >= 0.3 is 0 Å². The smallest absolute Gasteiger partial charge is 0.182 e. The van der Waals surface area contributed by atoms with E-state index in [9.17, 15) is 8.78 Å². The number of thiocarbonyl (C=S) groups is 1. The van der Waals surface area contributed by atoms with Crippen LogP contribution in [0, 0.1) is 11.6 Å². The molecule has 1 atom stereocenters. The van der Waals surface area contributed by atoms with Gasteiger partial charge in [-0.15, -0.1) is 11.3 Å². The predicted molar refractivity (Wildman–Crippen MR) is 87.8 cm³/mol. The van der Waals surface area contributed by atoms with Crippen LogP contribution < -0.4 is 11.1 Å². The summed E-state index contributed by atoms with van der Waals surface area (Å²) in [6.07, 6.45) is 1.77. The van der Waals surface area contributed by atoms with Crippen molar-refractivity contribution in [2.45, 2.75) is 25.8 Å². The number of rotatable bonds is 6. The molecule has 0 aliphatic carbocycles. The number of hydrogen-bond donors (Lipinski definition) is 2. The second-order valence-electron chi connectivity index (χ2n) is 4.65. The molecule has 2 rings (SSSR count). The van der Waals surface area contributed by atoms with Crippen molar-refractivity contribution in [1.82, 2.24) is 0 Å². The van der Waals surface area contributed by atoms with Gasteiger partial charge in [0.1, 0.15) is 4.99 Å². The van der Waals surface area contributed by atoms with Gasteiger partial charge in [-0.3, -0.25) is 0 Å². The van der Waals surface area contributed by atoms with Crippen molar-refractivity contribution < 1.29 is 8.78 Å². The molecule has 6 heteroatoms. The van der Waals surface area contributed by atoms with Gasteiger partial charge < -0.3 is 11.1 Å². The molecule has 1 heterocycles. The van der Waals surface area contributed by atoms with Crippen LogP contribution in [0.1, 0.15) is 36.2 Å². The molecule has 0 aliphatic heterocycles. The topological polar surface area (TPSA) is 38.0 Å². The summed E-state index contributed by atoms with van der Waals surface area (Å²) in [5.74, 6) is -1.95. The minimum absolute atomic E-state index is 0.0421. The molecule has 0 fully saturated rings. The number of anilines is 1. The highest BCUT2D eigenvalue weighted by Gasteiger charge is 2.18. The van der Waals surface area contributed by atoms with E-state index in [0.29, 0.717) is 0 Å². The zero-order chi connectivity index (χ0) is 15.4. The number of benzene rings is 1. The van der Waals surface area contributed by atoms with Gasteiger partial charge in [0.25, 0.3) is 0 Å². The Labute approximate surface area is 132 Å². The van der Waals surface area contributed by atoms with Gasteiger partial charge in [-0.1, -0.05) is 31.6 Å². The first-order valence-electron chi connectivity index (χ1n) is 6.62. The van der Waals surface area contributed by atoms with Crippen molar-refractivity contribution in [2.75, 3.05) is 5.32 Å². The van der Waals surface area contributed by atoms with E-state index < -0.39 is 11.6 Å². The third-order valence-corrected chi connectivity index (χ3v) is 4.35. The Morgan fingerprint density at radius 1 is 1.33 bits per heavy atom. The molecular formula is C15H16F2N2S2. The van der Waals surface area contributed by atoms with E-state index in [-0.39, 0.29) is 22.3 Å². The molecular weight excluding hydrogens is 310 g/mol. The van der Waals surface area contributed by atoms with Gasteiger partial charge in [0.05, 0.1) is 11.7 Å². The third-order valence-electron chi connectivity index (χ3n) is 3.14. The van der Waals surface area contributed by atoms with Crippen LogP contribution in [0.25, 0.3) is 0 Å². The van der Waals surface area contributed by atoms with Gasteiger partial charge in [-0.25, -0.2) is 8.78 Å². The summed E-state index contributed by atoms with van der Waals surface area (Å²) in [6.45, 7) is 2.05. The third kappa shape index (κ3) is 3.57. The maximum atomic E-state index is 14.1. The van der Waals surface area contributed by atoms with Gasteiger partial charge in [0.2, 0.25) is 0 Å². The average molecular weight is 326 g/mol. The molecule has 0 bridgehead atoms. The molecule has 3 N–H and O–H groups in total. The molecule has 0 radical (unpaired) electrons. The van der Waals surface area contributed by atoms with E-state index in [4.69, 9.17) is 18.0 Å². The van der Waals surface area contributed by atoms with Crippen LogP contribution in [-0.4, -0.2) is 4.99 Å². The van der Waals surface area contributed by atoms with Crippen molar-refractivity contribution in [3.05, 3.63) is 51.7 Å². The SMILES string of the molecule is CCCC(Nc1ccc(C(N)=S)c(F)c1F)c1cccs1. The number of thiophene rings is 1. The number of halogens is 2. The summed E-state index contributed by atoms with van der Waals surface area (Å²) in [6, 6.07) is 6.76. The molecule has 0 amide bonds. The van der Waals surface area contributed by atoms with Crippen molar-refractivity contribution >= 4 is 34.2 Å². The maximum Gasteiger partial charge on any atom is 0.182 e. The highest BCUT2D eigenvalue weighted by atomic mass is 32.1. The maximum absolute atomic E-state index is 14.1. The number of hydrogen-bond acceptors (Lipinski definition) is 3. The van der Waals surface area contributed by atoms with E-state index in [0.717, 1.165) is 17.7 Å². The number of nitrogens with two attached hydrogens (primary N) is 1. The fourth-order valence-corrected chi connectivity index (χ4v) is 3.07. The molecule has 0 saturated carbocycles. The first-order valence-corrected chi connectivity index (χ1v) is 7.91. The van der Waals surface area contributed by atoms with Crippen LogP contribution >= 0.6 is 23.6 Å². The van der Waals surface area contributed by atoms with Crippen LogP contribution in [0.4, 0.5) is 14.5 Å². The van der Waals surface area contributed by atoms with Gasteiger partial charge in [-0.2, -0.15) is 0 Å². The quantitative estimate of drug-likeness (QED) is 0.761. The second kappa shape index (κ2) is 6.95. The standard InChI is InChI=1S/C15H16F2N2S2/c1-2-4-10(12-5-3-8-21-12)19-11-7-6-9(15(18)20)13(16)14(11)17/h3,5-8,10,19H,2,4H2,1H3,(H2,18,20). The summed E-state index contributed by atoms with van der Waals surface area (Å²) < 4.78 is 28.0. The Kier molecular flexibility index (Phi) is 5.25. The Morgan fingerprint density at radius 2 is 2.10 bits per heavy atom. The summed E-state index contributed by atoms with van der Waals surface area (Å²) in [4.78, 5) is 0.941. The zero-order valence-corrected chi connectivity index (χ0v) is 13.2. The minimum Gasteiger partial charge on any atom is -0.389 e. The first kappa shape index (κ1) is 15.9. The lowest BCUT2D eigenvalue weighted by atomic mass is 10.1. The molecule has 1 unspecified atom stereocenters. The molecule has 1 aromatic heterocycles. The lowest BCUT2D eigenvalue weighted by Crippen LogP contribution is -2.15. The summed E-state index contributed by atoms with van der Waals surface area (Å²) >= 11 is 6.29. The fraction of sp³-hybridized carbons (Fsp3) is 0.267. The normalized spacial score (nSPS) is 12.1. The molecule has 0 saturated heterocycles. The van der Waals surface area contributed by atoms with E-state index in [1.807, 2.05) is 17.5 Å². The van der Waals surface area contributed by atoms with Crippen LogP contribution in [-0.2, 0) is 0 Å². The Hall–Kier alpha value is -1.53. The average Bonchev–Trinajstić information content (AvgIpc) is 2.97. The Morgan fingerprint density at radius 3 is 2.67 bits per heavy atom. The molecule has 0 aliphatic rings. The molecule has 21 heavy (non-hydrogen) atoms. The Balaban J connectivity index is 2.29. The molecule has 112 valence electrons. The summed E-state index contributed by atoms with van der Waals surface area (Å²) in [7, 11) is 0. The molecule has 0 spiro atoms. The highest BCUT2D eigenvalue weighted by Crippen LogP contribution is 2.30. The van der Waals surface area contributed by atoms with Crippen LogP contribution in [0.2, 0.25) is 0 Å². The van der Waals surface area contributed by atoms with Gasteiger partial charge in [0, 0.05) is 10.4 Å². The largest absolute Gasteiger partial charge is 0.389 e. The van der Waals surface area contributed by atoms with Crippen molar-refractivity contribution in [2.24, 2.45) is 5.73 Å². The van der Waals surface area contributed by atoms with Gasteiger partial charge in [-0.05, 0) is 30.0 Å². The van der Waals surface area contributed by atoms with Crippen LogP contribution in [0.15, 0.2) is 29.6 Å². The van der Waals surface area contributed by atoms with Crippen LogP contribution in [0.5, 0.6) is 0 Å². The first-order chi connectivity index (χ1) is 10.0. The van der Waals surface area contributed by atoms with Crippen LogP contribution in [0.3, 0.4) is 0 Å². The second-order valence-corrected chi connectivity index (χ2v) is 6.07. The van der Waals surface area contributed by atoms with Gasteiger partial charge in [0.15, 0.2) is 11.6 Å². The predicted octanol–water partition coefficient (Wildman–Crippen LogP) is 4.61. The van der Waals surface area contributed by atoms with Crippen molar-refractivity contribution in [3.63, 3.8) is 0 Å². The molecule has 2 nitrogen and oxygen atoms in total. The van der Waals surface area contributed by atoms with E-state index in [1.165, 1.54) is 12.1 Å². The lowest BCUT2D eigenvalue weighted by molar-refractivity contribution is 0.507. The summed E-state index contributed by atoms with van der Waals surface area (Å²) in [5.41, 5.74) is 5.42. The minimum atomic E-state index is -1.01. The molecule has 2 aromatic rings. The van der Waals surface area contributed by atoms with Crippen molar-refractivity contribution in [3.8, 4) is 0 Å². The summed E-state index contributed by atoms with van der Waals surface area (Å²) in [5, 5.41) is 5.03. The number of nitrogens with one attached hydrogen (secondary N) is 1. The van der Waals surface area contributed by atoms with E-state index >= 15 is 0 Å². The fourth-order valence-electron chi connectivity index (χ4n) is 2.10.